The zero-order chi connectivity index (χ0) is 14.7. The number of nitrogens with one attached hydrogen (secondary N) is 1. The Kier molecular flexibility index (Phi) is 4.42. The summed E-state index contributed by atoms with van der Waals surface area (Å²) in [6.45, 7) is 9.28. The second kappa shape index (κ2) is 6.07. The van der Waals surface area contributed by atoms with Crippen LogP contribution in [-0.2, 0) is 0 Å². The molecule has 0 saturated heterocycles. The maximum atomic E-state index is 14.0. The highest BCUT2D eigenvalue weighted by Gasteiger charge is 2.12. The van der Waals surface area contributed by atoms with E-state index in [2.05, 4.69) is 24.1 Å². The molecule has 3 nitrogen and oxygen atoms in total. The van der Waals surface area contributed by atoms with E-state index in [0.29, 0.717) is 18.0 Å². The molecule has 1 aromatic heterocycles. The van der Waals surface area contributed by atoms with Crippen molar-refractivity contribution >= 4 is 16.6 Å². The van der Waals surface area contributed by atoms with Gasteiger partial charge in [0, 0.05) is 29.4 Å². The average molecular weight is 276 g/mol. The summed E-state index contributed by atoms with van der Waals surface area (Å²) in [7, 11) is 0. The van der Waals surface area contributed by atoms with Gasteiger partial charge in [0.2, 0.25) is 0 Å². The Balaban J connectivity index is 2.66. The molecule has 0 aliphatic heterocycles. The van der Waals surface area contributed by atoms with Crippen LogP contribution in [0.25, 0.3) is 10.9 Å². The first-order valence-electron chi connectivity index (χ1n) is 7.07. The molecule has 0 aliphatic carbocycles. The van der Waals surface area contributed by atoms with Crippen molar-refractivity contribution in [1.29, 1.82) is 0 Å². The third-order valence-corrected chi connectivity index (χ3v) is 3.14. The van der Waals surface area contributed by atoms with Crippen LogP contribution in [0.1, 0.15) is 39.3 Å². The molecule has 1 N–H and O–H groups in total. The number of aromatic nitrogens is 1. The van der Waals surface area contributed by atoms with Gasteiger partial charge in [0.25, 0.3) is 0 Å². The number of hydrogen-bond donors (Lipinski definition) is 1. The molecule has 2 aromatic rings. The molecule has 0 radical (unpaired) electrons. The number of pyridine rings is 1. The summed E-state index contributed by atoms with van der Waals surface area (Å²) in [6.07, 6.45) is 0. The highest BCUT2D eigenvalue weighted by molar-refractivity contribution is 5.92. The molecule has 20 heavy (non-hydrogen) atoms. The molecule has 108 valence electrons. The van der Waals surface area contributed by atoms with Crippen LogP contribution in [-0.4, -0.2) is 18.1 Å². The maximum Gasteiger partial charge on any atom is 0.167 e. The van der Waals surface area contributed by atoms with Gasteiger partial charge in [-0.15, -0.1) is 0 Å². The minimum Gasteiger partial charge on any atom is -0.491 e. The van der Waals surface area contributed by atoms with Crippen molar-refractivity contribution in [3.63, 3.8) is 0 Å². The van der Waals surface area contributed by atoms with Crippen LogP contribution in [0.2, 0.25) is 0 Å². The van der Waals surface area contributed by atoms with Crippen LogP contribution in [0.3, 0.4) is 0 Å². The van der Waals surface area contributed by atoms with E-state index in [1.165, 1.54) is 6.07 Å². The summed E-state index contributed by atoms with van der Waals surface area (Å²) in [5.74, 6) is 0.208. The standard InChI is InChI=1S/C16H21FN2O/c1-5-18-14-9-13(10(3)4)19-15-8-12(17)16(20-6-2)7-11(14)15/h7-10H,5-6H2,1-4H3,(H,18,19). The normalized spacial score (nSPS) is 11.1. The summed E-state index contributed by atoms with van der Waals surface area (Å²) in [6, 6.07) is 5.21. The Morgan fingerprint density at radius 2 is 2.00 bits per heavy atom. The predicted molar refractivity (Wildman–Crippen MR) is 81.1 cm³/mol. The lowest BCUT2D eigenvalue weighted by atomic mass is 10.1. The average Bonchev–Trinajstić information content (AvgIpc) is 2.40. The fraction of sp³-hybridized carbons (Fsp3) is 0.438. The molecule has 0 fully saturated rings. The van der Waals surface area contributed by atoms with Crippen LogP contribution in [0.5, 0.6) is 5.75 Å². The third kappa shape index (κ3) is 2.84. The number of hydrogen-bond acceptors (Lipinski definition) is 3. The molecule has 0 aliphatic rings. The van der Waals surface area contributed by atoms with Gasteiger partial charge in [0.15, 0.2) is 11.6 Å². The van der Waals surface area contributed by atoms with Crippen molar-refractivity contribution in [3.05, 3.63) is 29.7 Å². The Labute approximate surface area is 119 Å². The van der Waals surface area contributed by atoms with Gasteiger partial charge < -0.3 is 10.1 Å². The van der Waals surface area contributed by atoms with Crippen molar-refractivity contribution < 1.29 is 9.13 Å². The highest BCUT2D eigenvalue weighted by atomic mass is 19.1. The number of halogens is 1. The molecule has 0 atom stereocenters. The fourth-order valence-electron chi connectivity index (χ4n) is 2.15. The van der Waals surface area contributed by atoms with Gasteiger partial charge in [-0.3, -0.25) is 4.98 Å². The van der Waals surface area contributed by atoms with E-state index >= 15 is 0 Å². The largest absolute Gasteiger partial charge is 0.491 e. The Bertz CT molecular complexity index is 611. The van der Waals surface area contributed by atoms with E-state index in [0.717, 1.165) is 23.3 Å². The molecule has 2 rings (SSSR count). The number of rotatable bonds is 5. The number of nitrogens with zero attached hydrogens (tertiary/aromatic N) is 1. The van der Waals surface area contributed by atoms with Crippen LogP contribution in [0.4, 0.5) is 10.1 Å². The number of benzene rings is 1. The number of fused-ring (bicyclic) bond motifs is 1. The van der Waals surface area contributed by atoms with Crippen LogP contribution in [0, 0.1) is 5.82 Å². The summed E-state index contributed by atoms with van der Waals surface area (Å²) in [4.78, 5) is 4.54. The second-order valence-corrected chi connectivity index (χ2v) is 5.01. The van der Waals surface area contributed by atoms with Gasteiger partial charge in [-0.25, -0.2) is 4.39 Å². The van der Waals surface area contributed by atoms with E-state index in [-0.39, 0.29) is 11.6 Å². The molecule has 1 heterocycles. The van der Waals surface area contributed by atoms with Crippen LogP contribution in [0.15, 0.2) is 18.2 Å². The molecule has 0 unspecified atom stereocenters. The SMILES string of the molecule is CCNc1cc(C(C)C)nc2cc(F)c(OCC)cc12. The minimum atomic E-state index is -0.366. The summed E-state index contributed by atoms with van der Waals surface area (Å²) in [5, 5.41) is 4.21. The van der Waals surface area contributed by atoms with Crippen molar-refractivity contribution in [2.45, 2.75) is 33.6 Å². The molecular weight excluding hydrogens is 255 g/mol. The number of anilines is 1. The van der Waals surface area contributed by atoms with E-state index in [9.17, 15) is 4.39 Å². The zero-order valence-electron chi connectivity index (χ0n) is 12.5. The Morgan fingerprint density at radius 3 is 2.60 bits per heavy atom. The molecule has 4 heteroatoms. The molecule has 0 bridgehead atoms. The molecule has 0 amide bonds. The Morgan fingerprint density at radius 1 is 1.25 bits per heavy atom. The Hall–Kier alpha value is -1.84. The van der Waals surface area contributed by atoms with Crippen LogP contribution >= 0.6 is 0 Å². The fourth-order valence-corrected chi connectivity index (χ4v) is 2.15. The minimum absolute atomic E-state index is 0.276. The van der Waals surface area contributed by atoms with Crippen molar-refractivity contribution in [2.75, 3.05) is 18.5 Å². The summed E-state index contributed by atoms with van der Waals surface area (Å²) < 4.78 is 19.3. The van der Waals surface area contributed by atoms with E-state index in [1.54, 1.807) is 6.07 Å². The van der Waals surface area contributed by atoms with Gasteiger partial charge in [-0.1, -0.05) is 13.8 Å². The lowest BCUT2D eigenvalue weighted by Gasteiger charge is -2.14. The smallest absolute Gasteiger partial charge is 0.167 e. The molecular formula is C16H21FN2O. The zero-order valence-corrected chi connectivity index (χ0v) is 12.5. The van der Waals surface area contributed by atoms with E-state index in [4.69, 9.17) is 4.74 Å². The van der Waals surface area contributed by atoms with Crippen LogP contribution < -0.4 is 10.1 Å². The van der Waals surface area contributed by atoms with Crippen molar-refractivity contribution in [2.24, 2.45) is 0 Å². The van der Waals surface area contributed by atoms with Gasteiger partial charge in [-0.05, 0) is 31.9 Å². The van der Waals surface area contributed by atoms with Crippen molar-refractivity contribution in [3.8, 4) is 5.75 Å². The molecule has 0 spiro atoms. The summed E-state index contributed by atoms with van der Waals surface area (Å²) in [5.41, 5.74) is 2.59. The summed E-state index contributed by atoms with van der Waals surface area (Å²) >= 11 is 0. The van der Waals surface area contributed by atoms with E-state index in [1.807, 2.05) is 19.9 Å². The second-order valence-electron chi connectivity index (χ2n) is 5.01. The first-order valence-corrected chi connectivity index (χ1v) is 7.07. The lowest BCUT2D eigenvalue weighted by Crippen LogP contribution is -2.03. The third-order valence-electron chi connectivity index (χ3n) is 3.14. The van der Waals surface area contributed by atoms with Gasteiger partial charge >= 0.3 is 0 Å². The highest BCUT2D eigenvalue weighted by Crippen LogP contribution is 2.31. The molecule has 1 aromatic carbocycles. The van der Waals surface area contributed by atoms with Gasteiger partial charge in [0.1, 0.15) is 0 Å². The monoisotopic (exact) mass is 276 g/mol. The predicted octanol–water partition coefficient (Wildman–Crippen LogP) is 4.33. The van der Waals surface area contributed by atoms with Gasteiger partial charge in [0.05, 0.1) is 12.1 Å². The lowest BCUT2D eigenvalue weighted by molar-refractivity contribution is 0.322. The quantitative estimate of drug-likeness (QED) is 0.882. The van der Waals surface area contributed by atoms with E-state index < -0.39 is 0 Å². The van der Waals surface area contributed by atoms with Gasteiger partial charge in [-0.2, -0.15) is 0 Å². The van der Waals surface area contributed by atoms with Crippen molar-refractivity contribution in [1.82, 2.24) is 4.98 Å². The number of ether oxygens (including phenoxy) is 1. The maximum absolute atomic E-state index is 14.0. The molecule has 0 saturated carbocycles. The first-order chi connectivity index (χ1) is 9.56. The topological polar surface area (TPSA) is 34.2 Å². The first kappa shape index (κ1) is 14.6.